The summed E-state index contributed by atoms with van der Waals surface area (Å²) in [5.41, 5.74) is 2.12. The molecule has 0 bridgehead atoms. The molecule has 0 spiro atoms. The van der Waals surface area contributed by atoms with Crippen LogP contribution in [0, 0.1) is 11.3 Å². The van der Waals surface area contributed by atoms with Crippen LogP contribution in [0.25, 0.3) is 0 Å². The Morgan fingerprint density at radius 1 is 1.33 bits per heavy atom. The van der Waals surface area contributed by atoms with Crippen LogP contribution < -0.4 is 10.1 Å². The molecule has 21 heavy (non-hydrogen) atoms. The number of carbonyl (C=O) groups is 1. The highest BCUT2D eigenvalue weighted by Crippen LogP contribution is 2.28. The maximum Gasteiger partial charge on any atom is 0.335 e. The Morgan fingerprint density at radius 3 is 2.76 bits per heavy atom. The lowest BCUT2D eigenvalue weighted by molar-refractivity contribution is 0.0697. The third-order valence-electron chi connectivity index (χ3n) is 3.01. The molecule has 0 radical (unpaired) electrons. The van der Waals surface area contributed by atoms with Gasteiger partial charge in [-0.15, -0.1) is 0 Å². The molecule has 5 heteroatoms. The van der Waals surface area contributed by atoms with E-state index in [4.69, 9.17) is 15.1 Å². The van der Waals surface area contributed by atoms with Gasteiger partial charge < -0.3 is 15.2 Å². The first-order valence-electron chi connectivity index (χ1n) is 6.29. The van der Waals surface area contributed by atoms with Crippen molar-refractivity contribution in [3.8, 4) is 11.8 Å². The number of hydrogen-bond donors (Lipinski definition) is 2. The Morgan fingerprint density at radius 2 is 2.10 bits per heavy atom. The third kappa shape index (κ3) is 3.31. The normalized spacial score (nSPS) is 9.71. The number of hydrogen-bond acceptors (Lipinski definition) is 4. The highest BCUT2D eigenvalue weighted by atomic mass is 16.5. The fourth-order valence-corrected chi connectivity index (χ4v) is 1.98. The average Bonchev–Trinajstić information content (AvgIpc) is 2.52. The zero-order valence-corrected chi connectivity index (χ0v) is 11.5. The topological polar surface area (TPSA) is 82.3 Å². The number of para-hydroxylation sites is 1. The van der Waals surface area contributed by atoms with Crippen molar-refractivity contribution in [2.24, 2.45) is 0 Å². The Kier molecular flexibility index (Phi) is 4.42. The fraction of sp³-hybridized carbons (Fsp3) is 0.125. The largest absolute Gasteiger partial charge is 0.495 e. The van der Waals surface area contributed by atoms with Crippen LogP contribution in [0.2, 0.25) is 0 Å². The van der Waals surface area contributed by atoms with Gasteiger partial charge in [0.25, 0.3) is 0 Å². The quantitative estimate of drug-likeness (QED) is 0.881. The second kappa shape index (κ2) is 6.44. The molecule has 0 aliphatic heterocycles. The van der Waals surface area contributed by atoms with Crippen molar-refractivity contribution >= 4 is 11.7 Å². The van der Waals surface area contributed by atoms with Gasteiger partial charge >= 0.3 is 5.97 Å². The van der Waals surface area contributed by atoms with Gasteiger partial charge in [0.05, 0.1) is 23.9 Å². The monoisotopic (exact) mass is 282 g/mol. The zero-order chi connectivity index (χ0) is 15.2. The van der Waals surface area contributed by atoms with Crippen molar-refractivity contribution in [3.05, 3.63) is 59.2 Å². The highest BCUT2D eigenvalue weighted by molar-refractivity contribution is 5.87. The zero-order valence-electron chi connectivity index (χ0n) is 11.5. The van der Waals surface area contributed by atoms with E-state index in [0.717, 1.165) is 5.56 Å². The van der Waals surface area contributed by atoms with E-state index in [0.29, 0.717) is 23.5 Å². The van der Waals surface area contributed by atoms with Crippen LogP contribution in [0.3, 0.4) is 0 Å². The van der Waals surface area contributed by atoms with E-state index >= 15 is 0 Å². The third-order valence-corrected chi connectivity index (χ3v) is 3.01. The number of nitrogens with zero attached hydrogens (tertiary/aromatic N) is 1. The molecule has 2 aromatic carbocycles. The van der Waals surface area contributed by atoms with Crippen LogP contribution in [-0.4, -0.2) is 18.2 Å². The summed E-state index contributed by atoms with van der Waals surface area (Å²) in [5, 5.41) is 21.2. The molecule has 0 fully saturated rings. The number of benzene rings is 2. The maximum absolute atomic E-state index is 10.9. The number of ether oxygens (including phenoxy) is 1. The molecule has 2 aromatic rings. The van der Waals surface area contributed by atoms with Crippen molar-refractivity contribution in [1.29, 1.82) is 5.26 Å². The van der Waals surface area contributed by atoms with Crippen LogP contribution in [0.4, 0.5) is 5.69 Å². The Labute approximate surface area is 122 Å². The minimum absolute atomic E-state index is 0.231. The lowest BCUT2D eigenvalue weighted by Gasteiger charge is -2.12. The SMILES string of the molecule is COc1cccc(C#N)c1NCc1cccc(C(=O)O)c1. The summed E-state index contributed by atoms with van der Waals surface area (Å²) in [6.07, 6.45) is 0. The van der Waals surface area contributed by atoms with Gasteiger partial charge in [-0.2, -0.15) is 5.26 Å². The molecular formula is C16H14N2O3. The Bertz CT molecular complexity index is 705. The summed E-state index contributed by atoms with van der Waals surface area (Å²) in [6.45, 7) is 0.399. The van der Waals surface area contributed by atoms with Crippen molar-refractivity contribution in [2.75, 3.05) is 12.4 Å². The highest BCUT2D eigenvalue weighted by Gasteiger charge is 2.09. The number of aromatic carboxylic acids is 1. The van der Waals surface area contributed by atoms with Crippen LogP contribution in [0.5, 0.6) is 5.75 Å². The van der Waals surface area contributed by atoms with E-state index in [-0.39, 0.29) is 5.56 Å². The number of anilines is 1. The summed E-state index contributed by atoms with van der Waals surface area (Å²) in [6, 6.07) is 13.9. The molecule has 106 valence electrons. The van der Waals surface area contributed by atoms with Crippen LogP contribution >= 0.6 is 0 Å². The van der Waals surface area contributed by atoms with Gasteiger partial charge in [-0.1, -0.05) is 18.2 Å². The van der Waals surface area contributed by atoms with Crippen molar-refractivity contribution in [2.45, 2.75) is 6.54 Å². The summed E-state index contributed by atoms with van der Waals surface area (Å²) in [7, 11) is 1.53. The lowest BCUT2D eigenvalue weighted by Crippen LogP contribution is -2.05. The van der Waals surface area contributed by atoms with Crippen LogP contribution in [0.15, 0.2) is 42.5 Å². The van der Waals surface area contributed by atoms with Gasteiger partial charge in [0.2, 0.25) is 0 Å². The second-order valence-corrected chi connectivity index (χ2v) is 4.35. The number of nitrogens with one attached hydrogen (secondary N) is 1. The summed E-state index contributed by atoms with van der Waals surface area (Å²) in [5.74, 6) is -0.393. The number of rotatable bonds is 5. The maximum atomic E-state index is 10.9. The smallest absolute Gasteiger partial charge is 0.335 e. The molecule has 0 aliphatic rings. The van der Waals surface area contributed by atoms with Crippen LogP contribution in [-0.2, 0) is 6.54 Å². The second-order valence-electron chi connectivity index (χ2n) is 4.35. The number of carboxylic acids is 1. The molecule has 0 heterocycles. The Hall–Kier alpha value is -3.00. The van der Waals surface area contributed by atoms with Gasteiger partial charge in [-0.05, 0) is 29.8 Å². The van der Waals surface area contributed by atoms with E-state index in [9.17, 15) is 4.79 Å². The summed E-state index contributed by atoms with van der Waals surface area (Å²) < 4.78 is 5.23. The van der Waals surface area contributed by atoms with E-state index in [1.54, 1.807) is 30.3 Å². The molecule has 2 rings (SSSR count). The summed E-state index contributed by atoms with van der Waals surface area (Å²) >= 11 is 0. The minimum atomic E-state index is -0.966. The first kappa shape index (κ1) is 14.4. The molecule has 0 amide bonds. The molecule has 2 N–H and O–H groups in total. The molecule has 5 nitrogen and oxygen atoms in total. The number of carboxylic acid groups (broad SMARTS) is 1. The molecule has 0 unspecified atom stereocenters. The molecule has 0 saturated carbocycles. The predicted octanol–water partition coefficient (Wildman–Crippen LogP) is 2.88. The standard InChI is InChI=1S/C16H14N2O3/c1-21-14-7-3-6-13(9-17)15(14)18-10-11-4-2-5-12(8-11)16(19)20/h2-8,18H,10H2,1H3,(H,19,20). The molecule has 0 saturated heterocycles. The van der Waals surface area contributed by atoms with Gasteiger partial charge in [-0.3, -0.25) is 0 Å². The number of nitriles is 1. The predicted molar refractivity (Wildman–Crippen MR) is 78.4 cm³/mol. The van der Waals surface area contributed by atoms with Crippen molar-refractivity contribution < 1.29 is 14.6 Å². The van der Waals surface area contributed by atoms with E-state index in [2.05, 4.69) is 11.4 Å². The van der Waals surface area contributed by atoms with E-state index < -0.39 is 5.97 Å². The van der Waals surface area contributed by atoms with Crippen molar-refractivity contribution in [3.63, 3.8) is 0 Å². The molecular weight excluding hydrogens is 268 g/mol. The van der Waals surface area contributed by atoms with Gasteiger partial charge in [0, 0.05) is 6.54 Å². The first-order chi connectivity index (χ1) is 10.2. The summed E-state index contributed by atoms with van der Waals surface area (Å²) in [4.78, 5) is 10.9. The lowest BCUT2D eigenvalue weighted by atomic mass is 10.1. The fourth-order valence-electron chi connectivity index (χ4n) is 1.98. The first-order valence-corrected chi connectivity index (χ1v) is 6.29. The average molecular weight is 282 g/mol. The molecule has 0 aromatic heterocycles. The van der Waals surface area contributed by atoms with Gasteiger partial charge in [0.15, 0.2) is 0 Å². The molecule has 0 aliphatic carbocycles. The minimum Gasteiger partial charge on any atom is -0.495 e. The van der Waals surface area contributed by atoms with Gasteiger partial charge in [0.1, 0.15) is 11.8 Å². The van der Waals surface area contributed by atoms with Crippen molar-refractivity contribution in [1.82, 2.24) is 0 Å². The van der Waals surface area contributed by atoms with Gasteiger partial charge in [-0.25, -0.2) is 4.79 Å². The van der Waals surface area contributed by atoms with E-state index in [1.165, 1.54) is 13.2 Å². The molecule has 0 atom stereocenters. The van der Waals surface area contributed by atoms with E-state index in [1.807, 2.05) is 6.07 Å². The Balaban J connectivity index is 2.22. The van der Waals surface area contributed by atoms with Crippen LogP contribution in [0.1, 0.15) is 21.5 Å². The number of methoxy groups -OCH3 is 1.